The number of fused-ring (bicyclic) bond motifs is 5. The molecule has 4 heterocycles. The van der Waals surface area contributed by atoms with Gasteiger partial charge in [0.15, 0.2) is 0 Å². The molecule has 4 atom stereocenters. The largest absolute Gasteiger partial charge is 0.505 e. The first kappa shape index (κ1) is 31.5. The Kier molecular flexibility index (Phi) is 7.88. The Balaban J connectivity index is 1.13. The van der Waals surface area contributed by atoms with Gasteiger partial charge in [-0.1, -0.05) is 38.1 Å². The number of H-pyrrole nitrogens is 1. The lowest BCUT2D eigenvalue weighted by Crippen LogP contribution is -2.51. The van der Waals surface area contributed by atoms with Gasteiger partial charge in [-0.25, -0.2) is 9.78 Å². The molecule has 2 N–H and O–H groups in total. The number of imidazole rings is 1. The maximum atomic E-state index is 13.5. The number of aromatic amines is 1. The van der Waals surface area contributed by atoms with E-state index in [1.165, 1.54) is 52.7 Å². The topological polar surface area (TPSA) is 106 Å². The number of likely N-dealkylation sites (tertiary alicyclic amines) is 1. The number of benzene rings is 1. The molecule has 11 heteroatoms. The zero-order valence-electron chi connectivity index (χ0n) is 27.9. The van der Waals surface area contributed by atoms with Gasteiger partial charge in [-0.3, -0.25) is 4.79 Å². The second-order valence-corrected chi connectivity index (χ2v) is 15.8. The molecule has 4 aliphatic rings. The van der Waals surface area contributed by atoms with Gasteiger partial charge in [-0.05, 0) is 99.8 Å². The Hall–Kier alpha value is -3.15. The van der Waals surface area contributed by atoms with Crippen LogP contribution >= 0.6 is 11.3 Å². The first-order valence-corrected chi connectivity index (χ1v) is 17.5. The van der Waals surface area contributed by atoms with Crippen LogP contribution in [0.4, 0.5) is 4.79 Å². The highest BCUT2D eigenvalue weighted by molar-refractivity contribution is 7.25. The molecule has 2 saturated heterocycles. The van der Waals surface area contributed by atoms with Crippen LogP contribution < -0.4 is 10.1 Å². The van der Waals surface area contributed by atoms with Crippen molar-refractivity contribution in [1.29, 1.82) is 0 Å². The average molecular weight is 645 g/mol. The highest BCUT2D eigenvalue weighted by atomic mass is 32.1. The summed E-state index contributed by atoms with van der Waals surface area (Å²) in [5.41, 5.74) is 5.48. The standard InChI is InChI=1S/C35H45BN4O5S/c1-19(2)28(39-33(42)43-7)32(41)40-16-8-9-25(40)31-37-18-24(38-31)20-10-12-21(13-11-20)29-26-22-14-15-23(17-22)27(26)30(46-29)36-44-34(3,4)35(5,6)45-36/h10-13,18-19,22-23,25,28H,8-9,14-17H2,1-7H3,(H,37,38)(H,39,42). The van der Waals surface area contributed by atoms with Gasteiger partial charge in [0.2, 0.25) is 5.91 Å². The maximum Gasteiger partial charge on any atom is 0.505 e. The smallest absolute Gasteiger partial charge is 0.453 e. The Bertz CT molecular complexity index is 1630. The van der Waals surface area contributed by atoms with Crippen molar-refractivity contribution < 1.29 is 23.6 Å². The van der Waals surface area contributed by atoms with E-state index >= 15 is 0 Å². The number of amides is 2. The molecule has 0 radical (unpaired) electrons. The monoisotopic (exact) mass is 644 g/mol. The summed E-state index contributed by atoms with van der Waals surface area (Å²) in [6.07, 6.45) is 6.71. The normalized spacial score (nSPS) is 24.9. The summed E-state index contributed by atoms with van der Waals surface area (Å²) in [6.45, 7) is 13.0. The van der Waals surface area contributed by atoms with Gasteiger partial charge in [-0.2, -0.15) is 0 Å². The van der Waals surface area contributed by atoms with Crippen molar-refractivity contribution in [3.05, 3.63) is 47.4 Å². The van der Waals surface area contributed by atoms with Crippen molar-refractivity contribution in [2.45, 2.75) is 109 Å². The molecule has 244 valence electrons. The predicted octanol–water partition coefficient (Wildman–Crippen LogP) is 6.51. The number of carbonyl (C=O) groups is 2. The highest BCUT2D eigenvalue weighted by Crippen LogP contribution is 2.57. The Labute approximate surface area is 275 Å². The summed E-state index contributed by atoms with van der Waals surface area (Å²) < 4.78 is 19.1. The number of aromatic nitrogens is 2. The van der Waals surface area contributed by atoms with Crippen LogP contribution in [-0.2, 0) is 18.8 Å². The number of nitrogens with zero attached hydrogens (tertiary/aromatic N) is 2. The quantitative estimate of drug-likeness (QED) is 0.284. The lowest BCUT2D eigenvalue weighted by atomic mass is 9.79. The van der Waals surface area contributed by atoms with E-state index in [9.17, 15) is 9.59 Å². The minimum atomic E-state index is -0.658. The molecule has 2 aliphatic carbocycles. The van der Waals surface area contributed by atoms with Gasteiger partial charge in [0, 0.05) is 16.2 Å². The zero-order valence-corrected chi connectivity index (χ0v) is 28.8. The minimum Gasteiger partial charge on any atom is -0.453 e. The molecule has 2 aliphatic heterocycles. The van der Waals surface area contributed by atoms with Crippen molar-refractivity contribution in [2.75, 3.05) is 13.7 Å². The van der Waals surface area contributed by atoms with Gasteiger partial charge >= 0.3 is 13.2 Å². The number of nitrogens with one attached hydrogen (secondary N) is 2. The third-order valence-corrected chi connectivity index (χ3v) is 12.3. The van der Waals surface area contributed by atoms with Crippen molar-refractivity contribution in [3.63, 3.8) is 0 Å². The number of alkyl carbamates (subject to hydrolysis) is 1. The summed E-state index contributed by atoms with van der Waals surface area (Å²) in [5, 5.41) is 2.72. The summed E-state index contributed by atoms with van der Waals surface area (Å²) in [6, 6.07) is 7.94. The number of thiophene rings is 1. The second-order valence-electron chi connectivity index (χ2n) is 14.7. The van der Waals surface area contributed by atoms with Gasteiger partial charge in [0.25, 0.3) is 0 Å². The number of hydrogen-bond donors (Lipinski definition) is 2. The third kappa shape index (κ3) is 5.19. The fourth-order valence-electron chi connectivity index (χ4n) is 7.79. The molecule has 46 heavy (non-hydrogen) atoms. The van der Waals surface area contributed by atoms with E-state index in [4.69, 9.17) is 19.0 Å². The Morgan fingerprint density at radius 3 is 2.35 bits per heavy atom. The van der Waals surface area contributed by atoms with Crippen LogP contribution in [-0.4, -0.2) is 64.9 Å². The molecule has 3 aromatic rings. The fourth-order valence-corrected chi connectivity index (χ4v) is 9.23. The van der Waals surface area contributed by atoms with E-state index in [1.807, 2.05) is 36.3 Å². The third-order valence-electron chi connectivity index (χ3n) is 11.0. The van der Waals surface area contributed by atoms with Gasteiger partial charge < -0.3 is 29.2 Å². The minimum absolute atomic E-state index is 0.0775. The molecule has 0 spiro atoms. The van der Waals surface area contributed by atoms with E-state index in [1.54, 1.807) is 0 Å². The van der Waals surface area contributed by atoms with E-state index < -0.39 is 12.1 Å². The van der Waals surface area contributed by atoms with E-state index in [0.717, 1.165) is 29.9 Å². The fraction of sp³-hybridized carbons (Fsp3) is 0.571. The zero-order chi connectivity index (χ0) is 32.5. The van der Waals surface area contributed by atoms with Crippen LogP contribution in [0.1, 0.15) is 108 Å². The summed E-state index contributed by atoms with van der Waals surface area (Å²) in [4.78, 5) is 36.9. The summed E-state index contributed by atoms with van der Waals surface area (Å²) in [7, 11) is 0.982. The molecule has 9 nitrogen and oxygen atoms in total. The molecule has 4 unspecified atom stereocenters. The first-order valence-electron chi connectivity index (χ1n) is 16.7. The first-order chi connectivity index (χ1) is 21.9. The van der Waals surface area contributed by atoms with Gasteiger partial charge in [0.05, 0.1) is 36.2 Å². The molecular weight excluding hydrogens is 599 g/mol. The summed E-state index contributed by atoms with van der Waals surface area (Å²) >= 11 is 1.85. The molecule has 2 amide bonds. The number of carbonyl (C=O) groups excluding carboxylic acids is 2. The van der Waals surface area contributed by atoms with Crippen LogP contribution in [0, 0.1) is 5.92 Å². The van der Waals surface area contributed by atoms with Crippen LogP contribution in [0.5, 0.6) is 0 Å². The Morgan fingerprint density at radius 2 is 1.70 bits per heavy atom. The van der Waals surface area contributed by atoms with E-state index in [0.29, 0.717) is 18.4 Å². The van der Waals surface area contributed by atoms with Crippen molar-refractivity contribution in [2.24, 2.45) is 5.92 Å². The lowest BCUT2D eigenvalue weighted by molar-refractivity contribution is -0.135. The van der Waals surface area contributed by atoms with Crippen LogP contribution in [0.2, 0.25) is 0 Å². The van der Waals surface area contributed by atoms with Crippen LogP contribution in [0.25, 0.3) is 21.7 Å². The number of rotatable bonds is 7. The molecule has 1 aromatic carbocycles. The molecule has 2 bridgehead atoms. The van der Waals surface area contributed by atoms with Gasteiger partial charge in [-0.15, -0.1) is 11.3 Å². The average Bonchev–Trinajstić information content (AvgIpc) is 3.86. The van der Waals surface area contributed by atoms with E-state index in [-0.39, 0.29) is 36.2 Å². The summed E-state index contributed by atoms with van der Waals surface area (Å²) in [5.74, 6) is 1.81. The molecule has 1 saturated carbocycles. The molecule has 3 fully saturated rings. The number of hydrogen-bond acceptors (Lipinski definition) is 7. The SMILES string of the molecule is COC(=O)NC(C(=O)N1CCCC1c1ncc(-c2ccc(-c3sc(B4OC(C)(C)C(C)(C)O4)c4c3C3CCC4C3)cc2)[nH]1)C(C)C. The maximum absolute atomic E-state index is 13.5. The predicted molar refractivity (Wildman–Crippen MR) is 180 cm³/mol. The van der Waals surface area contributed by atoms with Crippen LogP contribution in [0.3, 0.4) is 0 Å². The number of ether oxygens (including phenoxy) is 1. The lowest BCUT2D eigenvalue weighted by Gasteiger charge is -2.32. The Morgan fingerprint density at radius 1 is 1.04 bits per heavy atom. The van der Waals surface area contributed by atoms with Gasteiger partial charge in [0.1, 0.15) is 11.9 Å². The highest BCUT2D eigenvalue weighted by Gasteiger charge is 2.55. The molecule has 2 aromatic heterocycles. The molecular formula is C35H45BN4O5S. The van der Waals surface area contributed by atoms with Crippen molar-refractivity contribution >= 4 is 35.2 Å². The van der Waals surface area contributed by atoms with Crippen molar-refractivity contribution in [3.8, 4) is 21.7 Å². The second kappa shape index (κ2) is 11.5. The number of methoxy groups -OCH3 is 1. The van der Waals surface area contributed by atoms with Crippen LogP contribution in [0.15, 0.2) is 30.5 Å². The van der Waals surface area contributed by atoms with Crippen molar-refractivity contribution in [1.82, 2.24) is 20.2 Å². The molecule has 7 rings (SSSR count). The van der Waals surface area contributed by atoms with E-state index in [2.05, 4.69) is 62.3 Å².